The zero-order valence-electron chi connectivity index (χ0n) is 15.3. The molecule has 0 heterocycles. The Labute approximate surface area is 159 Å². The summed E-state index contributed by atoms with van der Waals surface area (Å²) in [5.41, 5.74) is 8.46. The Bertz CT molecular complexity index is 923. The van der Waals surface area contributed by atoms with Crippen LogP contribution in [0, 0.1) is 12.7 Å². The van der Waals surface area contributed by atoms with E-state index in [1.165, 1.54) is 39.9 Å². The molecule has 0 aliphatic heterocycles. The molecule has 0 saturated carbocycles. The van der Waals surface area contributed by atoms with Gasteiger partial charge in [-0.05, 0) is 58.9 Å². The molecular weight excluding hydrogens is 331 g/mol. The molecule has 0 bridgehead atoms. The van der Waals surface area contributed by atoms with Crippen molar-refractivity contribution < 1.29 is 4.39 Å². The van der Waals surface area contributed by atoms with E-state index in [1.807, 2.05) is 12.1 Å². The van der Waals surface area contributed by atoms with Crippen molar-refractivity contribution >= 4 is 0 Å². The molecule has 0 aliphatic rings. The van der Waals surface area contributed by atoms with E-state index in [4.69, 9.17) is 0 Å². The van der Waals surface area contributed by atoms with Gasteiger partial charge in [-0.3, -0.25) is 0 Å². The molecule has 0 unspecified atom stereocenters. The van der Waals surface area contributed by atoms with Crippen molar-refractivity contribution in [2.24, 2.45) is 0 Å². The van der Waals surface area contributed by atoms with Crippen LogP contribution in [-0.4, -0.2) is 0 Å². The Balaban J connectivity index is 1.47. The first kappa shape index (κ1) is 17.2. The highest BCUT2D eigenvalue weighted by Gasteiger charge is 2.02. The van der Waals surface area contributed by atoms with E-state index >= 15 is 0 Å². The molecule has 0 aromatic heterocycles. The van der Waals surface area contributed by atoms with Crippen molar-refractivity contribution in [2.75, 3.05) is 0 Å². The molecule has 1 heteroatoms. The lowest BCUT2D eigenvalue weighted by atomic mass is 9.98. The van der Waals surface area contributed by atoms with E-state index in [2.05, 4.69) is 79.7 Å². The molecule has 4 rings (SSSR count). The molecule has 0 aliphatic carbocycles. The third-order valence-corrected chi connectivity index (χ3v) is 4.88. The maximum atomic E-state index is 13.1. The summed E-state index contributed by atoms with van der Waals surface area (Å²) in [6.45, 7) is 2.11. The van der Waals surface area contributed by atoms with E-state index in [0.717, 1.165) is 17.5 Å². The van der Waals surface area contributed by atoms with Crippen LogP contribution >= 0.6 is 0 Å². The minimum absolute atomic E-state index is 0.204. The van der Waals surface area contributed by atoms with Gasteiger partial charge < -0.3 is 0 Å². The largest absolute Gasteiger partial charge is 0.207 e. The zero-order valence-corrected chi connectivity index (χ0v) is 15.3. The van der Waals surface area contributed by atoms with Crippen LogP contribution in [-0.2, 0) is 6.42 Å². The average molecular weight is 352 g/mol. The molecule has 0 N–H and O–H groups in total. The molecule has 0 spiro atoms. The van der Waals surface area contributed by atoms with E-state index < -0.39 is 0 Å². The molecule has 27 heavy (non-hydrogen) atoms. The van der Waals surface area contributed by atoms with Crippen LogP contribution in [0.1, 0.15) is 16.7 Å². The topological polar surface area (TPSA) is 0 Å². The van der Waals surface area contributed by atoms with Crippen LogP contribution in [0.15, 0.2) is 97.1 Å². The average Bonchev–Trinajstić information content (AvgIpc) is 2.71. The second kappa shape index (κ2) is 7.59. The van der Waals surface area contributed by atoms with Crippen LogP contribution in [0.25, 0.3) is 22.3 Å². The summed E-state index contributed by atoms with van der Waals surface area (Å²) >= 11 is 0. The SMILES string of the molecule is Cc1ccc(-c2ccc(Cc3ccc(-c4ccc(F)cc4)cc3)cc2)cc1. The highest BCUT2D eigenvalue weighted by molar-refractivity contribution is 5.65. The second-order valence-corrected chi connectivity index (χ2v) is 6.94. The van der Waals surface area contributed by atoms with E-state index in [0.29, 0.717) is 0 Å². The number of benzene rings is 4. The third-order valence-electron chi connectivity index (χ3n) is 4.88. The fraction of sp³-hybridized carbons (Fsp3) is 0.0769. The molecule has 0 radical (unpaired) electrons. The second-order valence-electron chi connectivity index (χ2n) is 6.94. The quantitative estimate of drug-likeness (QED) is 0.369. The monoisotopic (exact) mass is 352 g/mol. The summed E-state index contributed by atoms with van der Waals surface area (Å²) < 4.78 is 13.1. The fourth-order valence-corrected chi connectivity index (χ4v) is 3.25. The van der Waals surface area contributed by atoms with Gasteiger partial charge in [-0.2, -0.15) is 0 Å². The standard InChI is InChI=1S/C26H21F/c1-19-2-8-22(9-3-19)23-10-4-20(5-11-23)18-21-6-12-24(13-7-21)25-14-16-26(27)17-15-25/h2-17H,18H2,1H3. The van der Waals surface area contributed by atoms with E-state index in [9.17, 15) is 4.39 Å². The molecule has 0 fully saturated rings. The number of hydrogen-bond acceptors (Lipinski definition) is 0. The van der Waals surface area contributed by atoms with Gasteiger partial charge in [0.2, 0.25) is 0 Å². The number of rotatable bonds is 4. The molecular formula is C26H21F. The Morgan fingerprint density at radius 2 is 0.815 bits per heavy atom. The van der Waals surface area contributed by atoms with Gasteiger partial charge in [0, 0.05) is 0 Å². The van der Waals surface area contributed by atoms with Crippen LogP contribution < -0.4 is 0 Å². The first-order valence-electron chi connectivity index (χ1n) is 9.18. The summed E-state index contributed by atoms with van der Waals surface area (Å²) in [4.78, 5) is 0. The smallest absolute Gasteiger partial charge is 0.123 e. The van der Waals surface area contributed by atoms with Crippen molar-refractivity contribution in [3.63, 3.8) is 0 Å². The Morgan fingerprint density at radius 1 is 0.481 bits per heavy atom. The van der Waals surface area contributed by atoms with Gasteiger partial charge >= 0.3 is 0 Å². The lowest BCUT2D eigenvalue weighted by Gasteiger charge is -2.07. The van der Waals surface area contributed by atoms with Gasteiger partial charge in [-0.15, -0.1) is 0 Å². The fourth-order valence-electron chi connectivity index (χ4n) is 3.25. The highest BCUT2D eigenvalue weighted by atomic mass is 19.1. The van der Waals surface area contributed by atoms with Gasteiger partial charge in [0.05, 0.1) is 0 Å². The van der Waals surface area contributed by atoms with Gasteiger partial charge in [-0.25, -0.2) is 4.39 Å². The summed E-state index contributed by atoms with van der Waals surface area (Å²) in [5, 5.41) is 0. The Morgan fingerprint density at radius 3 is 1.22 bits per heavy atom. The summed E-state index contributed by atoms with van der Waals surface area (Å²) in [6, 6.07) is 32.5. The highest BCUT2D eigenvalue weighted by Crippen LogP contribution is 2.23. The third kappa shape index (κ3) is 4.15. The van der Waals surface area contributed by atoms with Crippen LogP contribution in [0.2, 0.25) is 0 Å². The summed E-state index contributed by atoms with van der Waals surface area (Å²) in [5.74, 6) is -0.204. The van der Waals surface area contributed by atoms with Crippen LogP contribution in [0.5, 0.6) is 0 Å². The number of halogens is 1. The predicted octanol–water partition coefficient (Wildman–Crippen LogP) is 7.06. The molecule has 0 atom stereocenters. The maximum Gasteiger partial charge on any atom is 0.123 e. The molecule has 4 aromatic rings. The maximum absolute atomic E-state index is 13.1. The molecule has 4 aromatic carbocycles. The molecule has 0 amide bonds. The minimum Gasteiger partial charge on any atom is -0.207 e. The van der Waals surface area contributed by atoms with Gasteiger partial charge in [0.15, 0.2) is 0 Å². The normalized spacial score (nSPS) is 10.7. The zero-order chi connectivity index (χ0) is 18.6. The van der Waals surface area contributed by atoms with Crippen molar-refractivity contribution in [1.29, 1.82) is 0 Å². The van der Waals surface area contributed by atoms with Crippen LogP contribution in [0.4, 0.5) is 4.39 Å². The van der Waals surface area contributed by atoms with Gasteiger partial charge in [0.25, 0.3) is 0 Å². The predicted molar refractivity (Wildman–Crippen MR) is 111 cm³/mol. The van der Waals surface area contributed by atoms with Crippen molar-refractivity contribution in [2.45, 2.75) is 13.3 Å². The minimum atomic E-state index is -0.204. The molecule has 0 saturated heterocycles. The van der Waals surface area contributed by atoms with Crippen molar-refractivity contribution in [3.8, 4) is 22.3 Å². The van der Waals surface area contributed by atoms with Crippen molar-refractivity contribution in [3.05, 3.63) is 120 Å². The van der Waals surface area contributed by atoms with Crippen molar-refractivity contribution in [1.82, 2.24) is 0 Å². The van der Waals surface area contributed by atoms with Gasteiger partial charge in [0.1, 0.15) is 5.82 Å². The lowest BCUT2D eigenvalue weighted by molar-refractivity contribution is 0.628. The molecule has 132 valence electrons. The van der Waals surface area contributed by atoms with Crippen LogP contribution in [0.3, 0.4) is 0 Å². The van der Waals surface area contributed by atoms with Gasteiger partial charge in [-0.1, -0.05) is 90.5 Å². The first-order chi connectivity index (χ1) is 13.2. The van der Waals surface area contributed by atoms with E-state index in [1.54, 1.807) is 0 Å². The Kier molecular flexibility index (Phi) is 4.84. The summed E-state index contributed by atoms with van der Waals surface area (Å²) in [7, 11) is 0. The number of hydrogen-bond donors (Lipinski definition) is 0. The van der Waals surface area contributed by atoms with E-state index in [-0.39, 0.29) is 5.82 Å². The Hall–Kier alpha value is -3.19. The molecule has 0 nitrogen and oxygen atoms in total. The lowest BCUT2D eigenvalue weighted by Crippen LogP contribution is -1.89. The number of aryl methyl sites for hydroxylation is 1. The summed E-state index contributed by atoms with van der Waals surface area (Å²) in [6.07, 6.45) is 0.901. The first-order valence-corrected chi connectivity index (χ1v) is 9.18.